The van der Waals surface area contributed by atoms with Gasteiger partial charge in [-0.1, -0.05) is 72.2 Å². The zero-order valence-electron chi connectivity index (χ0n) is 28.4. The summed E-state index contributed by atoms with van der Waals surface area (Å²) in [6.45, 7) is 16.3. The molecule has 4 saturated carbocycles. The third-order valence-corrected chi connectivity index (χ3v) is 14.5. The molecule has 3 N–H and O–H groups in total. The number of carbonyl (C=O) groups excluding carboxylic acids is 1. The van der Waals surface area contributed by atoms with Crippen LogP contribution in [0.2, 0.25) is 0 Å². The Bertz CT molecular complexity index is 1420. The molecular formula is C39H54O6. The summed E-state index contributed by atoms with van der Waals surface area (Å²) in [5.74, 6) is -0.230. The van der Waals surface area contributed by atoms with Gasteiger partial charge in [0.25, 0.3) is 0 Å². The Kier molecular flexibility index (Phi) is 7.51. The van der Waals surface area contributed by atoms with Crippen LogP contribution in [0.1, 0.15) is 112 Å². The summed E-state index contributed by atoms with van der Waals surface area (Å²) in [4.78, 5) is 26.0. The van der Waals surface area contributed by atoms with E-state index in [4.69, 9.17) is 4.74 Å². The fourth-order valence-corrected chi connectivity index (χ4v) is 11.9. The maximum Gasteiger partial charge on any atom is 0.331 e. The predicted molar refractivity (Wildman–Crippen MR) is 175 cm³/mol. The summed E-state index contributed by atoms with van der Waals surface area (Å²) in [6, 6.07) is 6.62. The molecule has 6 rings (SSSR count). The van der Waals surface area contributed by atoms with Gasteiger partial charge in [0.2, 0.25) is 0 Å². The van der Waals surface area contributed by atoms with Crippen molar-refractivity contribution in [2.45, 2.75) is 118 Å². The first kappa shape index (κ1) is 32.3. The number of carboxylic acid groups (broad SMARTS) is 1. The van der Waals surface area contributed by atoms with Crippen molar-refractivity contribution in [3.63, 3.8) is 0 Å². The van der Waals surface area contributed by atoms with Crippen molar-refractivity contribution in [2.24, 2.45) is 50.2 Å². The van der Waals surface area contributed by atoms with Gasteiger partial charge in [-0.25, -0.2) is 4.79 Å². The highest BCUT2D eigenvalue weighted by molar-refractivity contribution is 5.87. The molecule has 9 atom stereocenters. The van der Waals surface area contributed by atoms with Gasteiger partial charge < -0.3 is 20.1 Å². The number of fused-ring (bicyclic) bond motifs is 7. The van der Waals surface area contributed by atoms with Crippen molar-refractivity contribution in [3.8, 4) is 5.75 Å². The smallest absolute Gasteiger partial charge is 0.331 e. The standard InChI is InChI=1S/C39H54O6/c1-34(2)18-20-39(33(43)44)21-19-37(6)26(27(39)22-34)13-14-30-36(5)23-28(41)32(35(3,4)29(36)16-17-38(30,37)7)45-31(42)15-10-24-8-11-25(40)12-9-24/h8-13,15,27-30,32,40-41H,14,16-23H2,1-7H3,(H,43,44)/b15-10+/t27-,28-,29-,30+,32+,36+,37-,38-,39+/m1/s1. The van der Waals surface area contributed by atoms with E-state index in [0.29, 0.717) is 12.3 Å². The van der Waals surface area contributed by atoms with E-state index in [1.165, 1.54) is 11.6 Å². The van der Waals surface area contributed by atoms with Gasteiger partial charge in [0.1, 0.15) is 11.9 Å². The molecule has 0 heterocycles. The molecular weight excluding hydrogens is 564 g/mol. The monoisotopic (exact) mass is 618 g/mol. The number of benzene rings is 1. The number of ether oxygens (including phenoxy) is 1. The zero-order chi connectivity index (χ0) is 32.8. The van der Waals surface area contributed by atoms with Crippen molar-refractivity contribution in [3.05, 3.63) is 47.6 Å². The molecule has 1 aromatic rings. The molecule has 0 unspecified atom stereocenters. The van der Waals surface area contributed by atoms with E-state index in [9.17, 15) is 24.9 Å². The minimum absolute atomic E-state index is 0.0131. The maximum absolute atomic E-state index is 13.0. The van der Waals surface area contributed by atoms with Crippen LogP contribution in [0.15, 0.2) is 42.0 Å². The highest BCUT2D eigenvalue weighted by Crippen LogP contribution is 2.75. The number of carboxylic acids is 1. The van der Waals surface area contributed by atoms with Crippen LogP contribution in [0, 0.1) is 50.2 Å². The van der Waals surface area contributed by atoms with Crippen LogP contribution in [-0.2, 0) is 14.3 Å². The quantitative estimate of drug-likeness (QED) is 0.179. The summed E-state index contributed by atoms with van der Waals surface area (Å²) in [5.41, 5.74) is 0.991. The molecule has 6 heteroatoms. The van der Waals surface area contributed by atoms with Crippen LogP contribution in [0.25, 0.3) is 6.08 Å². The first-order valence-electron chi connectivity index (χ1n) is 17.2. The van der Waals surface area contributed by atoms with Crippen molar-refractivity contribution in [2.75, 3.05) is 0 Å². The number of aliphatic hydroxyl groups is 1. The van der Waals surface area contributed by atoms with Gasteiger partial charge in [0.05, 0.1) is 11.5 Å². The fourth-order valence-electron chi connectivity index (χ4n) is 11.9. The minimum atomic E-state index is -0.780. The average molecular weight is 619 g/mol. The third kappa shape index (κ3) is 4.74. The Morgan fingerprint density at radius 2 is 1.56 bits per heavy atom. The molecule has 4 fully saturated rings. The second-order valence-electron chi connectivity index (χ2n) is 17.6. The zero-order valence-corrected chi connectivity index (χ0v) is 28.4. The number of hydrogen-bond acceptors (Lipinski definition) is 5. The van der Waals surface area contributed by atoms with Crippen molar-refractivity contribution < 1.29 is 29.6 Å². The minimum Gasteiger partial charge on any atom is -0.508 e. The second kappa shape index (κ2) is 10.5. The van der Waals surface area contributed by atoms with Crippen LogP contribution >= 0.6 is 0 Å². The lowest BCUT2D eigenvalue weighted by Crippen LogP contribution is -2.67. The van der Waals surface area contributed by atoms with E-state index in [1.54, 1.807) is 30.3 Å². The summed E-state index contributed by atoms with van der Waals surface area (Å²) >= 11 is 0. The number of carbonyl (C=O) groups is 2. The van der Waals surface area contributed by atoms with Crippen LogP contribution in [0.3, 0.4) is 0 Å². The number of phenolic OH excluding ortho intramolecular Hbond substituents is 1. The Labute approximate surface area is 269 Å². The van der Waals surface area contributed by atoms with E-state index in [1.807, 2.05) is 0 Å². The summed E-state index contributed by atoms with van der Waals surface area (Å²) in [5, 5.41) is 31.9. The number of hydrogen-bond donors (Lipinski definition) is 3. The lowest BCUT2D eigenvalue weighted by atomic mass is 9.33. The topological polar surface area (TPSA) is 104 Å². The normalized spacial score (nSPS) is 43.2. The molecule has 0 amide bonds. The molecule has 0 aliphatic heterocycles. The number of phenols is 1. The van der Waals surface area contributed by atoms with Gasteiger partial charge in [-0.2, -0.15) is 0 Å². The van der Waals surface area contributed by atoms with E-state index in [2.05, 4.69) is 54.5 Å². The Balaban J connectivity index is 1.29. The second-order valence-corrected chi connectivity index (χ2v) is 17.6. The first-order valence-corrected chi connectivity index (χ1v) is 17.2. The summed E-state index contributed by atoms with van der Waals surface area (Å²) < 4.78 is 6.04. The van der Waals surface area contributed by atoms with E-state index in [-0.39, 0.29) is 39.2 Å². The van der Waals surface area contributed by atoms with Gasteiger partial charge in [0.15, 0.2) is 0 Å². The molecule has 246 valence electrons. The molecule has 0 radical (unpaired) electrons. The van der Waals surface area contributed by atoms with Crippen molar-refractivity contribution in [1.29, 1.82) is 0 Å². The highest BCUT2D eigenvalue weighted by atomic mass is 16.6. The van der Waals surface area contributed by atoms with Gasteiger partial charge in [-0.15, -0.1) is 0 Å². The fraction of sp³-hybridized carbons (Fsp3) is 0.692. The summed E-state index contributed by atoms with van der Waals surface area (Å²) in [6.07, 6.45) is 12.0. The van der Waals surface area contributed by atoms with E-state index >= 15 is 0 Å². The molecule has 0 bridgehead atoms. The number of aliphatic hydroxyl groups excluding tert-OH is 1. The van der Waals surface area contributed by atoms with Crippen LogP contribution in [0.5, 0.6) is 5.75 Å². The molecule has 0 aromatic heterocycles. The molecule has 45 heavy (non-hydrogen) atoms. The highest BCUT2D eigenvalue weighted by Gasteiger charge is 2.70. The SMILES string of the molecule is CC1(C)CC[C@]2(C(=O)O)CC[C@]3(C)C(=CC[C@H]4[C@@]5(C)C[C@@H](O)[C@H](OC(=O)/C=C/c6ccc(O)cc6)C(C)(C)[C@H]5CC[C@]43C)[C@H]2C1. The van der Waals surface area contributed by atoms with Crippen molar-refractivity contribution >= 4 is 18.0 Å². The Hall–Kier alpha value is -2.60. The lowest BCUT2D eigenvalue weighted by molar-refractivity contribution is -0.238. The molecule has 6 nitrogen and oxygen atoms in total. The van der Waals surface area contributed by atoms with Crippen LogP contribution in [0.4, 0.5) is 0 Å². The van der Waals surface area contributed by atoms with Gasteiger partial charge in [0, 0.05) is 11.5 Å². The molecule has 0 saturated heterocycles. The van der Waals surface area contributed by atoms with Gasteiger partial charge in [-0.05, 0) is 121 Å². The molecule has 1 aromatic carbocycles. The third-order valence-electron chi connectivity index (χ3n) is 14.5. The number of allylic oxidation sites excluding steroid dienone is 2. The average Bonchev–Trinajstić information content (AvgIpc) is 2.94. The van der Waals surface area contributed by atoms with Gasteiger partial charge in [-0.3, -0.25) is 4.79 Å². The predicted octanol–water partition coefficient (Wildman–Crippen LogP) is 8.17. The number of aliphatic carboxylic acids is 1. The first-order chi connectivity index (χ1) is 20.9. The number of aromatic hydroxyl groups is 1. The largest absolute Gasteiger partial charge is 0.508 e. The lowest BCUT2D eigenvalue weighted by Gasteiger charge is -2.71. The van der Waals surface area contributed by atoms with Crippen molar-refractivity contribution in [1.82, 2.24) is 0 Å². The number of rotatable bonds is 4. The molecule has 0 spiro atoms. The van der Waals surface area contributed by atoms with Gasteiger partial charge >= 0.3 is 11.9 Å². The Morgan fingerprint density at radius 3 is 2.22 bits per heavy atom. The molecule has 5 aliphatic carbocycles. The Morgan fingerprint density at radius 1 is 0.889 bits per heavy atom. The summed E-state index contributed by atoms with van der Waals surface area (Å²) in [7, 11) is 0. The maximum atomic E-state index is 13.0. The molecule has 5 aliphatic rings. The van der Waals surface area contributed by atoms with E-state index < -0.39 is 35.0 Å². The number of esters is 1. The van der Waals surface area contributed by atoms with E-state index in [0.717, 1.165) is 56.9 Å². The van der Waals surface area contributed by atoms with Crippen LogP contribution in [-0.4, -0.2) is 39.5 Å². The van der Waals surface area contributed by atoms with Crippen LogP contribution < -0.4 is 0 Å².